The highest BCUT2D eigenvalue weighted by molar-refractivity contribution is 8.26. The fraction of sp³-hybridized carbons (Fsp3) is 0.182. The number of carbonyl (C=O) groups is 1. The first-order chi connectivity index (χ1) is 7.79. The summed E-state index contributed by atoms with van der Waals surface area (Å²) in [6.45, 7) is 1.99. The Kier molecular flexibility index (Phi) is 3.36. The van der Waals surface area contributed by atoms with Gasteiger partial charge in [0.1, 0.15) is 5.04 Å². The first-order valence-corrected chi connectivity index (χ1v) is 5.74. The second kappa shape index (κ2) is 4.94. The van der Waals surface area contributed by atoms with Crippen LogP contribution in [0, 0.1) is 0 Å². The average Bonchev–Trinajstić information content (AvgIpc) is 2.78. The second-order valence-corrected chi connectivity index (χ2v) is 4.16. The van der Waals surface area contributed by atoms with Gasteiger partial charge in [0.25, 0.3) is 5.91 Å². The van der Waals surface area contributed by atoms with Gasteiger partial charge in [-0.1, -0.05) is 25.1 Å². The van der Waals surface area contributed by atoms with Crippen molar-refractivity contribution in [3.05, 3.63) is 35.9 Å². The van der Waals surface area contributed by atoms with Crippen LogP contribution >= 0.6 is 11.8 Å². The molecule has 0 aromatic heterocycles. The van der Waals surface area contributed by atoms with Crippen LogP contribution in [0.1, 0.15) is 23.7 Å². The predicted molar refractivity (Wildman–Crippen MR) is 65.7 cm³/mol. The standard InChI is InChI=1S/C11H10N3OS/c1-2-9-13-14-11(16-9)12-10(15)8-6-4-3-5-7-8/h3-7H,2H2,1H3. The van der Waals surface area contributed by atoms with Crippen LogP contribution < -0.4 is 5.43 Å². The molecule has 16 heavy (non-hydrogen) atoms. The monoisotopic (exact) mass is 232 g/mol. The zero-order chi connectivity index (χ0) is 11.4. The van der Waals surface area contributed by atoms with Gasteiger partial charge in [0, 0.05) is 5.56 Å². The highest BCUT2D eigenvalue weighted by Crippen LogP contribution is 2.16. The average molecular weight is 232 g/mol. The number of thioether (sulfide) groups is 1. The molecule has 81 valence electrons. The summed E-state index contributed by atoms with van der Waals surface area (Å²) in [5.74, 6) is -0.278. The highest BCUT2D eigenvalue weighted by Gasteiger charge is 2.16. The third kappa shape index (κ3) is 2.49. The van der Waals surface area contributed by atoms with Crippen molar-refractivity contribution in [2.24, 2.45) is 10.1 Å². The molecule has 0 atom stereocenters. The molecular formula is C11H10N3OS. The summed E-state index contributed by atoms with van der Waals surface area (Å²) >= 11 is 1.35. The number of carbonyl (C=O) groups excluding carboxylic acids is 1. The van der Waals surface area contributed by atoms with E-state index in [1.807, 2.05) is 13.0 Å². The molecule has 1 aliphatic rings. The third-order valence-electron chi connectivity index (χ3n) is 1.98. The van der Waals surface area contributed by atoms with Gasteiger partial charge >= 0.3 is 0 Å². The summed E-state index contributed by atoms with van der Waals surface area (Å²) in [7, 11) is 0. The largest absolute Gasteiger partial charge is 0.279 e. The number of hydrogen-bond donors (Lipinski definition) is 0. The first-order valence-electron chi connectivity index (χ1n) is 4.93. The summed E-state index contributed by atoms with van der Waals surface area (Å²) in [5, 5.41) is 5.21. The molecule has 0 bridgehead atoms. The molecule has 1 heterocycles. The van der Waals surface area contributed by atoms with Crippen molar-refractivity contribution in [2.45, 2.75) is 13.3 Å². The lowest BCUT2D eigenvalue weighted by Gasteiger charge is -1.94. The van der Waals surface area contributed by atoms with Crippen LogP contribution in [0.5, 0.6) is 0 Å². The lowest BCUT2D eigenvalue weighted by molar-refractivity contribution is 0.100. The maximum atomic E-state index is 11.7. The number of amides is 1. The number of benzene rings is 1. The van der Waals surface area contributed by atoms with E-state index in [0.29, 0.717) is 10.7 Å². The van der Waals surface area contributed by atoms with Crippen LogP contribution in [0.25, 0.3) is 0 Å². The Morgan fingerprint density at radius 1 is 1.38 bits per heavy atom. The molecule has 0 N–H and O–H groups in total. The zero-order valence-electron chi connectivity index (χ0n) is 8.75. The van der Waals surface area contributed by atoms with E-state index in [2.05, 4.69) is 15.5 Å². The summed E-state index contributed by atoms with van der Waals surface area (Å²) in [5.41, 5.74) is 4.40. The van der Waals surface area contributed by atoms with Gasteiger partial charge in [0.2, 0.25) is 5.17 Å². The highest BCUT2D eigenvalue weighted by atomic mass is 32.2. The van der Waals surface area contributed by atoms with Gasteiger partial charge < -0.3 is 0 Å². The maximum Gasteiger partial charge on any atom is 0.279 e. The molecule has 0 saturated heterocycles. The van der Waals surface area contributed by atoms with Crippen molar-refractivity contribution in [3.8, 4) is 0 Å². The normalized spacial score (nSPS) is 17.1. The van der Waals surface area contributed by atoms with Gasteiger partial charge in [-0.25, -0.2) is 0 Å². The van der Waals surface area contributed by atoms with Crippen molar-refractivity contribution in [3.63, 3.8) is 0 Å². The lowest BCUT2D eigenvalue weighted by Crippen LogP contribution is -2.04. The van der Waals surface area contributed by atoms with Crippen LogP contribution in [0.3, 0.4) is 0 Å². The van der Waals surface area contributed by atoms with Crippen molar-refractivity contribution >= 4 is 27.9 Å². The molecule has 1 aromatic carbocycles. The van der Waals surface area contributed by atoms with Gasteiger partial charge in [-0.3, -0.25) is 4.79 Å². The van der Waals surface area contributed by atoms with Gasteiger partial charge in [0.15, 0.2) is 0 Å². The molecular weight excluding hydrogens is 222 g/mol. The van der Waals surface area contributed by atoms with E-state index in [-0.39, 0.29) is 5.91 Å². The number of aliphatic imine (C=N–C) groups is 1. The Labute approximate surface area is 97.8 Å². The molecule has 1 amide bonds. The molecule has 0 saturated carbocycles. The van der Waals surface area contributed by atoms with Gasteiger partial charge in [-0.05, 0) is 30.3 Å². The fourth-order valence-electron chi connectivity index (χ4n) is 1.16. The van der Waals surface area contributed by atoms with Crippen LogP contribution in [0.15, 0.2) is 40.4 Å². The van der Waals surface area contributed by atoms with E-state index in [1.54, 1.807) is 24.3 Å². The Bertz CT molecular complexity index is 454. The Morgan fingerprint density at radius 2 is 2.12 bits per heavy atom. The zero-order valence-corrected chi connectivity index (χ0v) is 9.57. The molecule has 1 radical (unpaired) electrons. The third-order valence-corrected chi connectivity index (χ3v) is 2.94. The number of rotatable bonds is 2. The second-order valence-electron chi connectivity index (χ2n) is 3.11. The topological polar surface area (TPSA) is 55.9 Å². The molecule has 5 heteroatoms. The van der Waals surface area contributed by atoms with Gasteiger partial charge in [-0.15, -0.1) is 10.5 Å². The summed E-state index contributed by atoms with van der Waals surface area (Å²) in [6.07, 6.45) is 0.812. The molecule has 0 fully saturated rings. The molecule has 1 aromatic rings. The SMILES string of the molecule is CCC1=N[N]C(=NC(=O)c2ccccc2)S1. The minimum Gasteiger partial charge on any atom is -0.267 e. The fourth-order valence-corrected chi connectivity index (χ4v) is 1.81. The minimum atomic E-state index is -0.278. The summed E-state index contributed by atoms with van der Waals surface area (Å²) < 4.78 is 0. The van der Waals surface area contributed by atoms with E-state index in [1.165, 1.54) is 11.8 Å². The minimum absolute atomic E-state index is 0.278. The molecule has 0 spiro atoms. The molecule has 4 nitrogen and oxygen atoms in total. The Hall–Kier alpha value is -1.62. The number of nitrogens with zero attached hydrogens (tertiary/aromatic N) is 3. The van der Waals surface area contributed by atoms with Crippen molar-refractivity contribution in [1.82, 2.24) is 5.43 Å². The number of amidine groups is 1. The van der Waals surface area contributed by atoms with Crippen LogP contribution in [0.4, 0.5) is 0 Å². The Balaban J connectivity index is 2.07. The van der Waals surface area contributed by atoms with Crippen LogP contribution in [0.2, 0.25) is 0 Å². The van der Waals surface area contributed by atoms with Crippen molar-refractivity contribution in [1.29, 1.82) is 0 Å². The van der Waals surface area contributed by atoms with Crippen molar-refractivity contribution < 1.29 is 4.79 Å². The van der Waals surface area contributed by atoms with E-state index in [0.717, 1.165) is 11.5 Å². The maximum absolute atomic E-state index is 11.7. The van der Waals surface area contributed by atoms with Gasteiger partial charge in [-0.2, -0.15) is 4.99 Å². The molecule has 1 aliphatic heterocycles. The first kappa shape index (κ1) is 10.9. The van der Waals surface area contributed by atoms with Crippen LogP contribution in [-0.2, 0) is 0 Å². The smallest absolute Gasteiger partial charge is 0.267 e. The summed E-state index contributed by atoms with van der Waals surface area (Å²) in [4.78, 5) is 15.6. The number of hydrogen-bond acceptors (Lipinski definition) is 3. The van der Waals surface area contributed by atoms with Gasteiger partial charge in [0.05, 0.1) is 0 Å². The van der Waals surface area contributed by atoms with E-state index in [4.69, 9.17) is 0 Å². The van der Waals surface area contributed by atoms with E-state index < -0.39 is 0 Å². The Morgan fingerprint density at radius 3 is 2.75 bits per heavy atom. The predicted octanol–water partition coefficient (Wildman–Crippen LogP) is 2.26. The molecule has 0 unspecified atom stereocenters. The van der Waals surface area contributed by atoms with Crippen molar-refractivity contribution in [2.75, 3.05) is 0 Å². The van der Waals surface area contributed by atoms with Crippen LogP contribution in [-0.4, -0.2) is 16.1 Å². The molecule has 0 aliphatic carbocycles. The van der Waals surface area contributed by atoms with E-state index in [9.17, 15) is 4.79 Å². The van der Waals surface area contributed by atoms with E-state index >= 15 is 0 Å². The lowest BCUT2D eigenvalue weighted by atomic mass is 10.2. The molecule has 2 rings (SSSR count). The summed E-state index contributed by atoms with van der Waals surface area (Å²) in [6, 6.07) is 8.93. The quantitative estimate of drug-likeness (QED) is 0.785.